The standard InChI is InChI=1S/C28H32N2O8/c1-15-11-18(32)24-20(35-15)14-19-17(25(24)33)13-22(27(2,3)37-19)36-26(34)28(8-4-10-31)21(38-28)6-5-16-7-9-30-23(29)12-16/h7,9,11-12,14,21-22,31,33H,4-6,8,10,13H2,1-3H3,(H2,29,30)/t21-,22-,28-/m1/s1. The van der Waals surface area contributed by atoms with Crippen molar-refractivity contribution in [2.24, 2.45) is 0 Å². The van der Waals surface area contributed by atoms with Gasteiger partial charge in [0.1, 0.15) is 45.8 Å². The molecular weight excluding hydrogens is 492 g/mol. The van der Waals surface area contributed by atoms with Crippen LogP contribution in [0.2, 0.25) is 0 Å². The Morgan fingerprint density at radius 3 is 2.82 bits per heavy atom. The number of pyridine rings is 1. The number of phenolic OH excluding ortho intramolecular Hbond substituents is 1. The number of aromatic nitrogens is 1. The van der Waals surface area contributed by atoms with E-state index < -0.39 is 23.3 Å². The molecule has 1 fully saturated rings. The zero-order chi connectivity index (χ0) is 27.2. The highest BCUT2D eigenvalue weighted by molar-refractivity contribution is 5.87. The maximum atomic E-state index is 13.5. The van der Waals surface area contributed by atoms with Crippen molar-refractivity contribution in [1.29, 1.82) is 0 Å². The van der Waals surface area contributed by atoms with E-state index in [1.807, 2.05) is 6.07 Å². The van der Waals surface area contributed by atoms with Crippen LogP contribution in [0, 0.1) is 6.92 Å². The number of carbonyl (C=O) groups excluding carboxylic acids is 1. The second-order valence-corrected chi connectivity index (χ2v) is 10.6. The van der Waals surface area contributed by atoms with Crippen LogP contribution < -0.4 is 15.9 Å². The largest absolute Gasteiger partial charge is 0.507 e. The summed E-state index contributed by atoms with van der Waals surface area (Å²) in [6.45, 7) is 5.16. The Balaban J connectivity index is 1.37. The van der Waals surface area contributed by atoms with E-state index in [0.717, 1.165) is 5.56 Å². The van der Waals surface area contributed by atoms with Crippen molar-refractivity contribution in [2.75, 3.05) is 12.3 Å². The van der Waals surface area contributed by atoms with Crippen molar-refractivity contribution in [3.63, 3.8) is 0 Å². The van der Waals surface area contributed by atoms with Gasteiger partial charge in [0.05, 0.1) is 6.10 Å². The molecule has 0 aliphatic carbocycles. The zero-order valence-corrected chi connectivity index (χ0v) is 21.7. The Hall–Kier alpha value is -3.63. The number of hydrogen-bond donors (Lipinski definition) is 3. The summed E-state index contributed by atoms with van der Waals surface area (Å²) in [6, 6.07) is 6.56. The molecule has 0 amide bonds. The monoisotopic (exact) mass is 524 g/mol. The highest BCUT2D eigenvalue weighted by atomic mass is 16.7. The number of fused-ring (bicyclic) bond motifs is 2. The molecule has 3 aromatic rings. The number of aryl methyl sites for hydroxylation is 2. The number of epoxide rings is 1. The molecule has 10 heteroatoms. The van der Waals surface area contributed by atoms with Gasteiger partial charge in [-0.05, 0) is 64.2 Å². The van der Waals surface area contributed by atoms with Crippen molar-refractivity contribution < 1.29 is 33.6 Å². The summed E-state index contributed by atoms with van der Waals surface area (Å²) in [4.78, 5) is 30.1. The van der Waals surface area contributed by atoms with E-state index in [9.17, 15) is 19.8 Å². The molecule has 3 atom stereocenters. The van der Waals surface area contributed by atoms with E-state index in [1.54, 1.807) is 39.1 Å². The first kappa shape index (κ1) is 26.0. The summed E-state index contributed by atoms with van der Waals surface area (Å²) in [5.74, 6) is 0.436. The van der Waals surface area contributed by atoms with E-state index in [4.69, 9.17) is 24.4 Å². The van der Waals surface area contributed by atoms with Crippen LogP contribution in [0.15, 0.2) is 39.7 Å². The number of aliphatic hydroxyl groups excluding tert-OH is 1. The molecule has 0 spiro atoms. The number of nitrogens with two attached hydrogens (primary N) is 1. The first-order valence-corrected chi connectivity index (χ1v) is 12.7. The average Bonchev–Trinajstić information content (AvgIpc) is 3.56. The lowest BCUT2D eigenvalue weighted by atomic mass is 9.89. The maximum Gasteiger partial charge on any atom is 0.341 e. The van der Waals surface area contributed by atoms with Gasteiger partial charge in [0, 0.05) is 36.9 Å². The molecule has 10 nitrogen and oxygen atoms in total. The fourth-order valence-corrected chi connectivity index (χ4v) is 5.22. The van der Waals surface area contributed by atoms with Crippen LogP contribution in [0.1, 0.15) is 50.0 Å². The minimum atomic E-state index is -1.16. The number of hydrogen-bond acceptors (Lipinski definition) is 10. The normalized spacial score (nSPS) is 23.5. The first-order valence-electron chi connectivity index (χ1n) is 12.7. The number of aliphatic hydroxyl groups is 1. The predicted molar refractivity (Wildman–Crippen MR) is 138 cm³/mol. The third kappa shape index (κ3) is 4.69. The third-order valence-corrected chi connectivity index (χ3v) is 7.38. The van der Waals surface area contributed by atoms with Gasteiger partial charge in [-0.1, -0.05) is 0 Å². The fraction of sp³-hybridized carbons (Fsp3) is 0.464. The van der Waals surface area contributed by atoms with Crippen LogP contribution in [0.25, 0.3) is 11.0 Å². The predicted octanol–water partition coefficient (Wildman–Crippen LogP) is 2.95. The lowest BCUT2D eigenvalue weighted by Gasteiger charge is -2.39. The number of ether oxygens (including phenoxy) is 3. The molecule has 4 N–H and O–H groups in total. The number of nitrogens with zero attached hydrogens (tertiary/aromatic N) is 1. The Labute approximate surface area is 219 Å². The van der Waals surface area contributed by atoms with Gasteiger partial charge in [-0.25, -0.2) is 9.78 Å². The number of benzene rings is 1. The summed E-state index contributed by atoms with van der Waals surface area (Å²) in [6.07, 6.45) is 2.54. The maximum absolute atomic E-state index is 13.5. The minimum Gasteiger partial charge on any atom is -0.507 e. The molecule has 0 unspecified atom stereocenters. The fourth-order valence-electron chi connectivity index (χ4n) is 5.22. The molecule has 0 bridgehead atoms. The number of carbonyl (C=O) groups is 1. The molecule has 4 heterocycles. The molecule has 38 heavy (non-hydrogen) atoms. The molecule has 5 rings (SSSR count). The van der Waals surface area contributed by atoms with Gasteiger partial charge < -0.3 is 34.6 Å². The smallest absolute Gasteiger partial charge is 0.341 e. The lowest BCUT2D eigenvalue weighted by molar-refractivity contribution is -0.168. The van der Waals surface area contributed by atoms with Gasteiger partial charge in [-0.3, -0.25) is 4.79 Å². The van der Waals surface area contributed by atoms with E-state index in [2.05, 4.69) is 4.98 Å². The van der Waals surface area contributed by atoms with Crippen LogP contribution in [0.5, 0.6) is 11.5 Å². The van der Waals surface area contributed by atoms with E-state index in [0.29, 0.717) is 48.6 Å². The zero-order valence-electron chi connectivity index (χ0n) is 21.7. The molecule has 2 aromatic heterocycles. The van der Waals surface area contributed by atoms with Crippen LogP contribution in [0.3, 0.4) is 0 Å². The Bertz CT molecular complexity index is 1450. The molecule has 202 valence electrons. The lowest BCUT2D eigenvalue weighted by Crippen LogP contribution is -2.50. The van der Waals surface area contributed by atoms with Gasteiger partial charge >= 0.3 is 5.97 Å². The van der Waals surface area contributed by atoms with Gasteiger partial charge in [-0.2, -0.15) is 0 Å². The topological polar surface area (TPSA) is 158 Å². The molecule has 1 aromatic carbocycles. The number of aromatic hydroxyl groups is 1. The highest BCUT2D eigenvalue weighted by Gasteiger charge is 2.63. The summed E-state index contributed by atoms with van der Waals surface area (Å²) in [7, 11) is 0. The molecular formula is C28H32N2O8. The van der Waals surface area contributed by atoms with Crippen LogP contribution in [0.4, 0.5) is 5.82 Å². The second-order valence-electron chi connectivity index (χ2n) is 10.6. The van der Waals surface area contributed by atoms with Crippen molar-refractivity contribution in [3.8, 4) is 11.5 Å². The van der Waals surface area contributed by atoms with Gasteiger partial charge in [0.2, 0.25) is 0 Å². The molecule has 0 saturated carbocycles. The summed E-state index contributed by atoms with van der Waals surface area (Å²) in [5, 5.41) is 20.5. The number of phenols is 1. The number of rotatable bonds is 8. The SMILES string of the molecule is Cc1cc(=O)c2c(O)c3c(cc2o1)OC(C)(C)[C@H](OC(=O)[C@]1(CCCO)O[C@@H]1CCc1ccnc(N)c1)C3. The molecule has 0 radical (unpaired) electrons. The average molecular weight is 525 g/mol. The first-order chi connectivity index (χ1) is 18.0. The summed E-state index contributed by atoms with van der Waals surface area (Å²) < 4.78 is 23.7. The number of anilines is 1. The quantitative estimate of drug-likeness (QED) is 0.295. The summed E-state index contributed by atoms with van der Waals surface area (Å²) >= 11 is 0. The molecule has 1 saturated heterocycles. The van der Waals surface area contributed by atoms with Gasteiger partial charge in [-0.15, -0.1) is 0 Å². The van der Waals surface area contributed by atoms with Crippen molar-refractivity contribution in [1.82, 2.24) is 4.98 Å². The van der Waals surface area contributed by atoms with Crippen LogP contribution >= 0.6 is 0 Å². The Kier molecular flexibility index (Phi) is 6.56. The van der Waals surface area contributed by atoms with Crippen molar-refractivity contribution in [2.45, 2.75) is 76.3 Å². The second kappa shape index (κ2) is 9.59. The van der Waals surface area contributed by atoms with Crippen molar-refractivity contribution >= 4 is 22.8 Å². The van der Waals surface area contributed by atoms with Gasteiger partial charge in [0.25, 0.3) is 0 Å². The molecule has 2 aliphatic rings. The number of esters is 1. The highest BCUT2D eigenvalue weighted by Crippen LogP contribution is 2.47. The van der Waals surface area contributed by atoms with E-state index in [1.165, 1.54) is 6.07 Å². The van der Waals surface area contributed by atoms with Crippen molar-refractivity contribution in [3.05, 3.63) is 57.6 Å². The Morgan fingerprint density at radius 1 is 1.29 bits per heavy atom. The van der Waals surface area contributed by atoms with E-state index in [-0.39, 0.29) is 41.3 Å². The van der Waals surface area contributed by atoms with Gasteiger partial charge in [0.15, 0.2) is 11.0 Å². The van der Waals surface area contributed by atoms with E-state index >= 15 is 0 Å². The minimum absolute atomic E-state index is 0.0597. The third-order valence-electron chi connectivity index (χ3n) is 7.38. The Morgan fingerprint density at radius 2 is 2.08 bits per heavy atom. The number of nitrogen functional groups attached to an aromatic ring is 1. The molecule has 2 aliphatic heterocycles. The van der Waals surface area contributed by atoms with Crippen LogP contribution in [-0.2, 0) is 27.1 Å². The summed E-state index contributed by atoms with van der Waals surface area (Å²) in [5.41, 5.74) is 4.89. The van der Waals surface area contributed by atoms with Crippen LogP contribution in [-0.4, -0.2) is 51.2 Å².